The SMILES string of the molecule is CC#CC1(Cl)[C@@H](O)[C@@H]([C@@H](C)O)O[C@H]1n1c(C)cc(N)nc1=O. The summed E-state index contributed by atoms with van der Waals surface area (Å²) in [5.74, 6) is 5.38. The lowest BCUT2D eigenvalue weighted by Crippen LogP contribution is -2.45. The largest absolute Gasteiger partial charge is 0.391 e. The Balaban J connectivity index is 2.62. The smallest absolute Gasteiger partial charge is 0.351 e. The van der Waals surface area contributed by atoms with Gasteiger partial charge in [-0.2, -0.15) is 4.98 Å². The molecule has 120 valence electrons. The number of aromatic nitrogens is 2. The van der Waals surface area contributed by atoms with Crippen LogP contribution in [0.3, 0.4) is 0 Å². The van der Waals surface area contributed by atoms with Crippen LogP contribution in [-0.2, 0) is 4.74 Å². The van der Waals surface area contributed by atoms with Gasteiger partial charge in [-0.25, -0.2) is 4.79 Å². The summed E-state index contributed by atoms with van der Waals surface area (Å²) >= 11 is 6.47. The molecular weight excluding hydrogens is 310 g/mol. The highest BCUT2D eigenvalue weighted by molar-refractivity contribution is 6.27. The Morgan fingerprint density at radius 2 is 2.27 bits per heavy atom. The summed E-state index contributed by atoms with van der Waals surface area (Å²) in [6.07, 6.45) is -4.35. The predicted molar refractivity (Wildman–Crippen MR) is 81.3 cm³/mol. The van der Waals surface area contributed by atoms with Crippen molar-refractivity contribution in [3.63, 3.8) is 0 Å². The fourth-order valence-corrected chi connectivity index (χ4v) is 2.94. The van der Waals surface area contributed by atoms with Gasteiger partial charge in [-0.05, 0) is 26.8 Å². The minimum absolute atomic E-state index is 0.0751. The second-order valence-corrected chi connectivity index (χ2v) is 5.88. The summed E-state index contributed by atoms with van der Waals surface area (Å²) in [6, 6.07) is 1.49. The number of nitrogens with two attached hydrogens (primary N) is 1. The van der Waals surface area contributed by atoms with Gasteiger partial charge in [0.15, 0.2) is 11.1 Å². The third-order valence-corrected chi connectivity index (χ3v) is 4.09. The monoisotopic (exact) mass is 327 g/mol. The molecule has 0 amide bonds. The van der Waals surface area contributed by atoms with E-state index in [1.807, 2.05) is 0 Å². The number of anilines is 1. The lowest BCUT2D eigenvalue weighted by atomic mass is 9.96. The molecule has 8 heteroatoms. The topological polar surface area (TPSA) is 111 Å². The molecule has 0 saturated carbocycles. The van der Waals surface area contributed by atoms with E-state index in [0.29, 0.717) is 5.69 Å². The number of aliphatic hydroxyl groups excluding tert-OH is 2. The summed E-state index contributed by atoms with van der Waals surface area (Å²) in [4.78, 5) is 14.2. The number of rotatable bonds is 2. The van der Waals surface area contributed by atoms with Crippen LogP contribution < -0.4 is 11.4 Å². The van der Waals surface area contributed by atoms with E-state index in [1.165, 1.54) is 17.6 Å². The van der Waals surface area contributed by atoms with Gasteiger partial charge in [0.1, 0.15) is 18.0 Å². The molecule has 0 bridgehead atoms. The molecule has 5 atom stereocenters. The van der Waals surface area contributed by atoms with Crippen LogP contribution in [0, 0.1) is 18.8 Å². The fourth-order valence-electron chi connectivity index (χ4n) is 2.58. The molecular formula is C14H18ClN3O4. The Morgan fingerprint density at radius 3 is 2.77 bits per heavy atom. The Hall–Kier alpha value is -1.59. The van der Waals surface area contributed by atoms with Gasteiger partial charge < -0.3 is 20.7 Å². The van der Waals surface area contributed by atoms with Gasteiger partial charge in [0, 0.05) is 5.69 Å². The lowest BCUT2D eigenvalue weighted by molar-refractivity contribution is -0.0777. The van der Waals surface area contributed by atoms with E-state index in [9.17, 15) is 15.0 Å². The molecule has 0 radical (unpaired) electrons. The van der Waals surface area contributed by atoms with Gasteiger partial charge in [0.05, 0.1) is 6.10 Å². The summed E-state index contributed by atoms with van der Waals surface area (Å²) in [5, 5.41) is 20.2. The van der Waals surface area contributed by atoms with Crippen LogP contribution in [0.4, 0.5) is 5.82 Å². The Bertz CT molecular complexity index is 694. The van der Waals surface area contributed by atoms with Gasteiger partial charge in [-0.3, -0.25) is 4.57 Å². The molecule has 4 N–H and O–H groups in total. The van der Waals surface area contributed by atoms with Gasteiger partial charge in [0.2, 0.25) is 0 Å². The molecule has 22 heavy (non-hydrogen) atoms. The quantitative estimate of drug-likeness (QED) is 0.511. The minimum Gasteiger partial charge on any atom is -0.391 e. The van der Waals surface area contributed by atoms with Crippen molar-refractivity contribution in [3.05, 3.63) is 22.2 Å². The molecule has 0 aromatic carbocycles. The van der Waals surface area contributed by atoms with Crippen molar-refractivity contribution in [2.45, 2.75) is 50.2 Å². The third kappa shape index (κ3) is 2.59. The fraction of sp³-hybridized carbons (Fsp3) is 0.571. The highest BCUT2D eigenvalue weighted by Crippen LogP contribution is 2.44. The van der Waals surface area contributed by atoms with E-state index in [4.69, 9.17) is 22.1 Å². The Morgan fingerprint density at radius 1 is 1.64 bits per heavy atom. The van der Waals surface area contributed by atoms with E-state index in [-0.39, 0.29) is 5.82 Å². The highest BCUT2D eigenvalue weighted by Gasteiger charge is 2.57. The number of halogens is 1. The maximum absolute atomic E-state index is 12.2. The van der Waals surface area contributed by atoms with Crippen molar-refractivity contribution in [3.8, 4) is 11.8 Å². The van der Waals surface area contributed by atoms with Crippen molar-refractivity contribution >= 4 is 17.4 Å². The zero-order valence-corrected chi connectivity index (χ0v) is 13.2. The van der Waals surface area contributed by atoms with Crippen LogP contribution in [0.5, 0.6) is 0 Å². The number of hydrogen-bond acceptors (Lipinski definition) is 6. The number of hydrogen-bond donors (Lipinski definition) is 3. The maximum atomic E-state index is 12.2. The van der Waals surface area contributed by atoms with Gasteiger partial charge in [-0.1, -0.05) is 17.5 Å². The standard InChI is InChI=1S/C14H18ClN3O4/c1-4-5-14(15)11(20)10(8(3)19)22-12(14)18-7(2)6-9(16)17-13(18)21/h6,8,10-12,19-20H,1-3H3,(H2,16,17,21)/t8-,10-,11+,12-,14?/m1/s1. The molecule has 1 aliphatic heterocycles. The van der Waals surface area contributed by atoms with Crippen molar-refractivity contribution in [1.82, 2.24) is 9.55 Å². The third-order valence-electron chi connectivity index (χ3n) is 3.58. The number of aliphatic hydroxyl groups is 2. The number of ether oxygens (including phenoxy) is 1. The molecule has 1 aliphatic rings. The van der Waals surface area contributed by atoms with Gasteiger partial charge in [-0.15, -0.1) is 5.92 Å². The Labute approximate surface area is 132 Å². The highest BCUT2D eigenvalue weighted by atomic mass is 35.5. The van der Waals surface area contributed by atoms with Crippen molar-refractivity contribution < 1.29 is 14.9 Å². The minimum atomic E-state index is -1.58. The molecule has 2 heterocycles. The number of nitrogens with zero attached hydrogens (tertiary/aromatic N) is 2. The zero-order valence-electron chi connectivity index (χ0n) is 12.4. The van der Waals surface area contributed by atoms with Crippen LogP contribution in [0.15, 0.2) is 10.9 Å². The van der Waals surface area contributed by atoms with E-state index in [1.54, 1.807) is 13.8 Å². The van der Waals surface area contributed by atoms with E-state index >= 15 is 0 Å². The molecule has 1 unspecified atom stereocenters. The summed E-state index contributed by atoms with van der Waals surface area (Å²) < 4.78 is 6.82. The second-order valence-electron chi connectivity index (χ2n) is 5.26. The van der Waals surface area contributed by atoms with Crippen molar-refractivity contribution in [1.29, 1.82) is 0 Å². The van der Waals surface area contributed by atoms with Crippen LogP contribution in [0.25, 0.3) is 0 Å². The van der Waals surface area contributed by atoms with Gasteiger partial charge in [0.25, 0.3) is 0 Å². The van der Waals surface area contributed by atoms with E-state index < -0.39 is 35.1 Å². The Kier molecular flexibility index (Phi) is 4.49. The summed E-state index contributed by atoms with van der Waals surface area (Å²) in [7, 11) is 0. The number of nitrogen functional groups attached to an aromatic ring is 1. The first-order valence-corrected chi connectivity index (χ1v) is 7.10. The normalized spacial score (nSPS) is 32.4. The maximum Gasteiger partial charge on any atom is 0.351 e. The average Bonchev–Trinajstić information content (AvgIpc) is 2.63. The van der Waals surface area contributed by atoms with Crippen LogP contribution in [0.2, 0.25) is 0 Å². The number of aryl methyl sites for hydroxylation is 1. The predicted octanol–water partition coefficient (Wildman–Crippen LogP) is -0.226. The van der Waals surface area contributed by atoms with Gasteiger partial charge >= 0.3 is 5.69 Å². The van der Waals surface area contributed by atoms with E-state index in [0.717, 1.165) is 0 Å². The first kappa shape index (κ1) is 16.8. The molecule has 1 fully saturated rings. The molecule has 1 saturated heterocycles. The molecule has 0 aliphatic carbocycles. The first-order valence-electron chi connectivity index (χ1n) is 6.72. The molecule has 7 nitrogen and oxygen atoms in total. The van der Waals surface area contributed by atoms with E-state index in [2.05, 4.69) is 16.8 Å². The van der Waals surface area contributed by atoms with Crippen LogP contribution >= 0.6 is 11.6 Å². The van der Waals surface area contributed by atoms with Crippen LogP contribution in [-0.4, -0.2) is 43.0 Å². The summed E-state index contributed by atoms with van der Waals surface area (Å²) in [6.45, 7) is 4.66. The molecule has 2 rings (SSSR count). The lowest BCUT2D eigenvalue weighted by Gasteiger charge is -2.27. The van der Waals surface area contributed by atoms with Crippen LogP contribution in [0.1, 0.15) is 25.8 Å². The molecule has 1 aromatic heterocycles. The molecule has 1 aromatic rings. The first-order chi connectivity index (χ1) is 10.2. The zero-order chi connectivity index (χ0) is 16.7. The number of alkyl halides is 1. The second kappa shape index (κ2) is 5.89. The average molecular weight is 328 g/mol. The van der Waals surface area contributed by atoms with Crippen molar-refractivity contribution in [2.24, 2.45) is 0 Å². The van der Waals surface area contributed by atoms with Crippen molar-refractivity contribution in [2.75, 3.05) is 5.73 Å². The summed E-state index contributed by atoms with van der Waals surface area (Å²) in [5.41, 5.74) is 5.34. The molecule has 0 spiro atoms.